The monoisotopic (exact) mass is 284 g/mol. The number of nitro groups is 1. The first-order chi connectivity index (χ1) is 8.99. The number of carbonyl (C=O) groups is 1. The summed E-state index contributed by atoms with van der Waals surface area (Å²) in [5.74, 6) is -2.73. The molecule has 2 aromatic rings. The molecular weight excluding hydrogens is 279 g/mol. The number of ether oxygens (including phenoxy) is 1. The molecule has 0 saturated heterocycles. The second kappa shape index (κ2) is 4.98. The largest absolute Gasteiger partial charge is 0.477 e. The van der Waals surface area contributed by atoms with E-state index in [2.05, 4.69) is 4.98 Å². The van der Waals surface area contributed by atoms with Crippen LogP contribution in [-0.4, -0.2) is 21.0 Å². The van der Waals surface area contributed by atoms with E-state index in [9.17, 15) is 19.3 Å². The lowest BCUT2D eigenvalue weighted by molar-refractivity contribution is -0.380. The Labute approximate surface area is 109 Å². The van der Waals surface area contributed by atoms with Crippen LogP contribution < -0.4 is 4.74 Å². The van der Waals surface area contributed by atoms with E-state index < -0.39 is 22.3 Å². The van der Waals surface area contributed by atoms with Crippen LogP contribution in [0.1, 0.15) is 10.4 Å². The lowest BCUT2D eigenvalue weighted by atomic mass is 10.2. The number of rotatable bonds is 4. The van der Waals surface area contributed by atoms with Gasteiger partial charge in [-0.15, -0.1) is 0 Å². The summed E-state index contributed by atoms with van der Waals surface area (Å²) < 4.78 is 18.4. The van der Waals surface area contributed by atoms with Gasteiger partial charge in [-0.25, -0.2) is 14.2 Å². The topological polar surface area (TPSA) is 103 Å². The average Bonchev–Trinajstić information content (AvgIpc) is 2.77. The molecule has 98 valence electrons. The Balaban J connectivity index is 2.35. The number of aromatic carboxylic acids is 1. The van der Waals surface area contributed by atoms with Gasteiger partial charge < -0.3 is 9.84 Å². The van der Waals surface area contributed by atoms with Crippen molar-refractivity contribution < 1.29 is 24.0 Å². The number of thiazole rings is 1. The van der Waals surface area contributed by atoms with Crippen LogP contribution in [0, 0.1) is 15.9 Å². The van der Waals surface area contributed by atoms with Gasteiger partial charge in [-0.3, -0.25) is 10.1 Å². The molecule has 0 atom stereocenters. The molecule has 0 aliphatic heterocycles. The Hall–Kier alpha value is -2.55. The van der Waals surface area contributed by atoms with E-state index in [1.807, 2.05) is 0 Å². The number of hydrogen-bond acceptors (Lipinski definition) is 6. The number of aromatic nitrogens is 1. The molecule has 19 heavy (non-hydrogen) atoms. The third-order valence-electron chi connectivity index (χ3n) is 2.04. The standard InChI is InChI=1S/C10H5FN2O5S/c11-5-2-1-3-6(8(5)9(14)15)18-10-12-4-7(19-10)13(16)17/h1-4H,(H,14,15). The molecule has 1 N–H and O–H groups in total. The molecule has 1 aromatic heterocycles. The highest BCUT2D eigenvalue weighted by Crippen LogP contribution is 2.33. The van der Waals surface area contributed by atoms with Crippen molar-refractivity contribution in [3.05, 3.63) is 45.9 Å². The van der Waals surface area contributed by atoms with E-state index in [1.54, 1.807) is 0 Å². The maximum atomic E-state index is 13.4. The third-order valence-corrected chi connectivity index (χ3v) is 2.87. The van der Waals surface area contributed by atoms with Crippen molar-refractivity contribution in [3.8, 4) is 10.9 Å². The van der Waals surface area contributed by atoms with E-state index in [4.69, 9.17) is 9.84 Å². The second-order valence-electron chi connectivity index (χ2n) is 3.24. The van der Waals surface area contributed by atoms with Gasteiger partial charge in [-0.05, 0) is 23.5 Å². The maximum Gasteiger partial charge on any atom is 0.347 e. The van der Waals surface area contributed by atoms with Gasteiger partial charge in [0.2, 0.25) is 0 Å². The summed E-state index contributed by atoms with van der Waals surface area (Å²) >= 11 is 0.614. The van der Waals surface area contributed by atoms with Gasteiger partial charge in [-0.2, -0.15) is 0 Å². The lowest BCUT2D eigenvalue weighted by Gasteiger charge is -2.05. The summed E-state index contributed by atoms with van der Waals surface area (Å²) in [6.07, 6.45) is 0.972. The molecule has 0 aliphatic carbocycles. The minimum atomic E-state index is -1.50. The Bertz CT molecular complexity index is 657. The molecule has 0 unspecified atom stereocenters. The lowest BCUT2D eigenvalue weighted by Crippen LogP contribution is -2.03. The van der Waals surface area contributed by atoms with Crippen LogP contribution in [0.4, 0.5) is 9.39 Å². The summed E-state index contributed by atoms with van der Waals surface area (Å²) in [6, 6.07) is 3.47. The minimum Gasteiger partial charge on any atom is -0.477 e. The van der Waals surface area contributed by atoms with Gasteiger partial charge in [0.1, 0.15) is 23.3 Å². The smallest absolute Gasteiger partial charge is 0.347 e. The Kier molecular flexibility index (Phi) is 3.38. The van der Waals surface area contributed by atoms with Gasteiger partial charge in [0, 0.05) is 0 Å². The number of benzene rings is 1. The predicted octanol–water partition coefficient (Wildman–Crippen LogP) is 2.68. The average molecular weight is 284 g/mol. The zero-order valence-electron chi connectivity index (χ0n) is 9.07. The summed E-state index contributed by atoms with van der Waals surface area (Å²) in [6.45, 7) is 0. The Morgan fingerprint density at radius 1 is 1.53 bits per heavy atom. The summed E-state index contributed by atoms with van der Waals surface area (Å²) in [7, 11) is 0. The highest BCUT2D eigenvalue weighted by Gasteiger charge is 2.20. The number of hydrogen-bond donors (Lipinski definition) is 1. The molecule has 7 nitrogen and oxygen atoms in total. The summed E-state index contributed by atoms with van der Waals surface area (Å²) in [5, 5.41) is 18.9. The molecule has 1 aromatic carbocycles. The molecule has 1 heterocycles. The fourth-order valence-electron chi connectivity index (χ4n) is 1.27. The first-order valence-corrected chi connectivity index (χ1v) is 5.60. The van der Waals surface area contributed by atoms with Crippen molar-refractivity contribution in [1.29, 1.82) is 0 Å². The first-order valence-electron chi connectivity index (χ1n) is 4.79. The minimum absolute atomic E-state index is 0.139. The maximum absolute atomic E-state index is 13.4. The molecule has 0 fully saturated rings. The molecule has 0 amide bonds. The fraction of sp³-hybridized carbons (Fsp3) is 0. The molecule has 0 spiro atoms. The van der Waals surface area contributed by atoms with E-state index in [0.717, 1.165) is 12.3 Å². The van der Waals surface area contributed by atoms with Crippen LogP contribution in [0.5, 0.6) is 10.9 Å². The third kappa shape index (κ3) is 2.65. The van der Waals surface area contributed by atoms with Crippen LogP contribution >= 0.6 is 11.3 Å². The molecule has 0 radical (unpaired) electrons. The van der Waals surface area contributed by atoms with Crippen molar-refractivity contribution in [1.82, 2.24) is 4.98 Å². The zero-order valence-corrected chi connectivity index (χ0v) is 9.89. The number of carboxylic acids is 1. The molecular formula is C10H5FN2O5S. The highest BCUT2D eigenvalue weighted by molar-refractivity contribution is 7.16. The molecule has 0 bridgehead atoms. The van der Waals surface area contributed by atoms with Gasteiger partial charge in [0.25, 0.3) is 5.19 Å². The first kappa shape index (κ1) is 12.9. The van der Waals surface area contributed by atoms with Crippen LogP contribution in [0.25, 0.3) is 0 Å². The molecule has 2 rings (SSSR count). The van der Waals surface area contributed by atoms with Crippen LogP contribution in [0.15, 0.2) is 24.4 Å². The summed E-state index contributed by atoms with van der Waals surface area (Å²) in [5.41, 5.74) is -0.652. The van der Waals surface area contributed by atoms with Gasteiger partial charge in [-0.1, -0.05) is 6.07 Å². The van der Waals surface area contributed by atoms with Crippen LogP contribution in [-0.2, 0) is 0 Å². The van der Waals surface area contributed by atoms with Crippen molar-refractivity contribution >= 4 is 22.3 Å². The van der Waals surface area contributed by atoms with Crippen LogP contribution in [0.3, 0.4) is 0 Å². The van der Waals surface area contributed by atoms with E-state index >= 15 is 0 Å². The fourth-order valence-corrected chi connectivity index (χ4v) is 1.87. The zero-order chi connectivity index (χ0) is 14.0. The van der Waals surface area contributed by atoms with E-state index in [1.165, 1.54) is 12.1 Å². The second-order valence-corrected chi connectivity index (χ2v) is 4.21. The van der Waals surface area contributed by atoms with Gasteiger partial charge in [0.05, 0.1) is 4.92 Å². The molecule has 9 heteroatoms. The normalized spacial score (nSPS) is 10.2. The SMILES string of the molecule is O=C(O)c1c(F)cccc1Oc1ncc([N+](=O)[O-])s1. The predicted molar refractivity (Wildman–Crippen MR) is 62.2 cm³/mol. The molecule has 0 aliphatic rings. The Morgan fingerprint density at radius 2 is 2.26 bits per heavy atom. The molecule has 0 saturated carbocycles. The van der Waals surface area contributed by atoms with Crippen LogP contribution in [0.2, 0.25) is 0 Å². The number of nitrogens with zero attached hydrogens (tertiary/aromatic N) is 2. The van der Waals surface area contributed by atoms with Gasteiger partial charge >= 0.3 is 11.0 Å². The number of halogens is 1. The summed E-state index contributed by atoms with van der Waals surface area (Å²) in [4.78, 5) is 24.3. The Morgan fingerprint density at radius 3 is 2.84 bits per heavy atom. The number of carboxylic acid groups (broad SMARTS) is 1. The van der Waals surface area contributed by atoms with Crippen molar-refractivity contribution in [2.45, 2.75) is 0 Å². The van der Waals surface area contributed by atoms with Crippen molar-refractivity contribution in [2.24, 2.45) is 0 Å². The van der Waals surface area contributed by atoms with E-state index in [-0.39, 0.29) is 15.9 Å². The van der Waals surface area contributed by atoms with Crippen molar-refractivity contribution in [2.75, 3.05) is 0 Å². The highest BCUT2D eigenvalue weighted by atomic mass is 32.1. The van der Waals surface area contributed by atoms with E-state index in [0.29, 0.717) is 11.3 Å². The van der Waals surface area contributed by atoms with Gasteiger partial charge in [0.15, 0.2) is 0 Å². The van der Waals surface area contributed by atoms with Crippen molar-refractivity contribution in [3.63, 3.8) is 0 Å². The quantitative estimate of drug-likeness (QED) is 0.684.